The topological polar surface area (TPSA) is 57.6 Å². The van der Waals surface area contributed by atoms with Crippen LogP contribution in [0.3, 0.4) is 0 Å². The Morgan fingerprint density at radius 3 is 2.25 bits per heavy atom. The largest absolute Gasteiger partial charge is 0.481 e. The van der Waals surface area contributed by atoms with Gasteiger partial charge in [-0.25, -0.2) is 0 Å². The minimum absolute atomic E-state index is 0.115. The van der Waals surface area contributed by atoms with E-state index in [1.807, 2.05) is 4.90 Å². The molecule has 0 heterocycles. The first-order valence-corrected chi connectivity index (χ1v) is 9.19. The highest BCUT2D eigenvalue weighted by Crippen LogP contribution is 2.35. The van der Waals surface area contributed by atoms with E-state index in [0.717, 1.165) is 37.7 Å². The van der Waals surface area contributed by atoms with E-state index in [1.54, 1.807) is 0 Å². The van der Waals surface area contributed by atoms with Crippen molar-refractivity contribution in [1.29, 1.82) is 0 Å². The van der Waals surface area contributed by atoms with E-state index in [0.29, 0.717) is 25.4 Å². The van der Waals surface area contributed by atoms with Crippen molar-refractivity contribution in [3.63, 3.8) is 0 Å². The number of nitrogens with zero attached hydrogens (tertiary/aromatic N) is 1. The Morgan fingerprint density at radius 1 is 1.04 bits per heavy atom. The molecular formula is C20H27NO3. The van der Waals surface area contributed by atoms with Crippen molar-refractivity contribution >= 4 is 11.9 Å². The van der Waals surface area contributed by atoms with E-state index in [4.69, 9.17) is 0 Å². The number of hydrogen-bond donors (Lipinski definition) is 1. The fourth-order valence-corrected chi connectivity index (χ4v) is 3.72. The maximum atomic E-state index is 13.0. The first-order chi connectivity index (χ1) is 11.6. The summed E-state index contributed by atoms with van der Waals surface area (Å²) in [6.45, 7) is 2.79. The fraction of sp³-hybridized carbons (Fsp3) is 0.600. The Bertz CT molecular complexity index is 591. The molecule has 0 aliphatic heterocycles. The van der Waals surface area contributed by atoms with Crippen molar-refractivity contribution < 1.29 is 14.7 Å². The molecule has 24 heavy (non-hydrogen) atoms. The van der Waals surface area contributed by atoms with Gasteiger partial charge in [-0.1, -0.05) is 37.6 Å². The SMILES string of the molecule is CCc1ccc(CN(C(=O)C2CCCC(C(=O)O)C2)C2CC2)cc1. The van der Waals surface area contributed by atoms with E-state index in [-0.39, 0.29) is 17.7 Å². The number of carboxylic acids is 1. The van der Waals surface area contributed by atoms with Crippen molar-refractivity contribution in [3.8, 4) is 0 Å². The number of hydrogen-bond acceptors (Lipinski definition) is 2. The summed E-state index contributed by atoms with van der Waals surface area (Å²) in [5, 5.41) is 9.26. The average Bonchev–Trinajstić information content (AvgIpc) is 3.44. The van der Waals surface area contributed by atoms with E-state index in [1.165, 1.54) is 5.56 Å². The first kappa shape index (κ1) is 17.0. The number of benzene rings is 1. The minimum atomic E-state index is -0.749. The Kier molecular flexibility index (Phi) is 5.22. The molecule has 0 bridgehead atoms. The van der Waals surface area contributed by atoms with E-state index < -0.39 is 5.97 Å². The van der Waals surface area contributed by atoms with Crippen molar-refractivity contribution in [2.75, 3.05) is 0 Å². The number of aliphatic carboxylic acids is 1. The molecule has 0 aromatic heterocycles. The summed E-state index contributed by atoms with van der Waals surface area (Å²) >= 11 is 0. The molecule has 2 unspecified atom stereocenters. The van der Waals surface area contributed by atoms with Crippen molar-refractivity contribution in [2.24, 2.45) is 11.8 Å². The lowest BCUT2D eigenvalue weighted by Gasteiger charge is -2.31. The molecule has 130 valence electrons. The summed E-state index contributed by atoms with van der Waals surface area (Å²) in [6.07, 6.45) is 6.07. The highest BCUT2D eigenvalue weighted by atomic mass is 16.4. The van der Waals surface area contributed by atoms with Crippen LogP contribution in [0.15, 0.2) is 24.3 Å². The molecule has 1 aromatic carbocycles. The van der Waals surface area contributed by atoms with Crippen molar-refractivity contribution in [3.05, 3.63) is 35.4 Å². The standard InChI is InChI=1S/C20H27NO3/c1-2-14-6-8-15(9-7-14)13-21(18-10-11-18)19(22)16-4-3-5-17(12-16)20(23)24/h6-9,16-18H,2-5,10-13H2,1H3,(H,23,24). The molecule has 2 aliphatic carbocycles. The van der Waals surface area contributed by atoms with Gasteiger partial charge in [-0.15, -0.1) is 0 Å². The summed E-state index contributed by atoms with van der Waals surface area (Å²) in [6, 6.07) is 8.84. The number of carbonyl (C=O) groups is 2. The molecule has 2 fully saturated rings. The Hall–Kier alpha value is -1.84. The molecular weight excluding hydrogens is 302 g/mol. The summed E-state index contributed by atoms with van der Waals surface area (Å²) in [5.41, 5.74) is 2.47. The van der Waals surface area contributed by atoms with Crippen LogP contribution in [-0.4, -0.2) is 27.9 Å². The predicted octanol–water partition coefficient (Wildman–Crippen LogP) is 3.63. The average molecular weight is 329 g/mol. The zero-order valence-corrected chi connectivity index (χ0v) is 14.4. The van der Waals surface area contributed by atoms with E-state index in [2.05, 4.69) is 31.2 Å². The second-order valence-corrected chi connectivity index (χ2v) is 7.27. The molecule has 0 saturated heterocycles. The zero-order chi connectivity index (χ0) is 17.1. The second kappa shape index (κ2) is 7.37. The molecule has 2 saturated carbocycles. The third-order valence-electron chi connectivity index (χ3n) is 5.43. The quantitative estimate of drug-likeness (QED) is 0.867. The highest BCUT2D eigenvalue weighted by molar-refractivity contribution is 5.81. The van der Waals surface area contributed by atoms with Crippen molar-refractivity contribution in [1.82, 2.24) is 4.90 Å². The van der Waals surface area contributed by atoms with E-state index >= 15 is 0 Å². The molecule has 1 amide bonds. The lowest BCUT2D eigenvalue weighted by Crippen LogP contribution is -2.40. The molecule has 4 nitrogen and oxygen atoms in total. The Morgan fingerprint density at radius 2 is 1.67 bits per heavy atom. The number of carbonyl (C=O) groups excluding carboxylic acids is 1. The predicted molar refractivity (Wildman–Crippen MR) is 92.5 cm³/mol. The maximum absolute atomic E-state index is 13.0. The zero-order valence-electron chi connectivity index (χ0n) is 14.4. The normalized spacial score (nSPS) is 23.7. The summed E-state index contributed by atoms with van der Waals surface area (Å²) < 4.78 is 0. The third kappa shape index (κ3) is 3.97. The van der Waals surface area contributed by atoms with E-state index in [9.17, 15) is 14.7 Å². The van der Waals surface area contributed by atoms with Gasteiger partial charge in [-0.05, 0) is 49.7 Å². The smallest absolute Gasteiger partial charge is 0.306 e. The maximum Gasteiger partial charge on any atom is 0.306 e. The van der Waals surface area contributed by atoms with Gasteiger partial charge in [0, 0.05) is 18.5 Å². The van der Waals surface area contributed by atoms with Gasteiger partial charge in [0.25, 0.3) is 0 Å². The van der Waals surface area contributed by atoms with Crippen LogP contribution in [0.2, 0.25) is 0 Å². The van der Waals surface area contributed by atoms with Crippen LogP contribution in [0.25, 0.3) is 0 Å². The Balaban J connectivity index is 1.68. The van der Waals surface area contributed by atoms with Crippen LogP contribution in [0.1, 0.15) is 56.6 Å². The van der Waals surface area contributed by atoms with Gasteiger partial charge in [0.2, 0.25) is 5.91 Å². The van der Waals surface area contributed by atoms with Crippen LogP contribution < -0.4 is 0 Å². The van der Waals surface area contributed by atoms with Gasteiger partial charge in [0.1, 0.15) is 0 Å². The third-order valence-corrected chi connectivity index (χ3v) is 5.43. The van der Waals surface area contributed by atoms with Crippen LogP contribution in [0, 0.1) is 11.8 Å². The first-order valence-electron chi connectivity index (χ1n) is 9.19. The summed E-state index contributed by atoms with van der Waals surface area (Å²) in [7, 11) is 0. The lowest BCUT2D eigenvalue weighted by atomic mass is 9.80. The molecule has 2 atom stereocenters. The lowest BCUT2D eigenvalue weighted by molar-refractivity contribution is -0.145. The van der Waals surface area contributed by atoms with Crippen LogP contribution in [0.5, 0.6) is 0 Å². The highest BCUT2D eigenvalue weighted by Gasteiger charge is 2.38. The molecule has 3 rings (SSSR count). The van der Waals surface area contributed by atoms with Crippen molar-refractivity contribution in [2.45, 2.75) is 64.5 Å². The summed E-state index contributed by atoms with van der Waals surface area (Å²) in [5.74, 6) is -1.04. The second-order valence-electron chi connectivity index (χ2n) is 7.27. The fourth-order valence-electron chi connectivity index (χ4n) is 3.72. The van der Waals surface area contributed by atoms with Crippen LogP contribution in [-0.2, 0) is 22.6 Å². The molecule has 1 aromatic rings. The van der Waals surface area contributed by atoms with Gasteiger partial charge in [-0.2, -0.15) is 0 Å². The molecule has 0 radical (unpaired) electrons. The van der Waals surface area contributed by atoms with Crippen LogP contribution >= 0.6 is 0 Å². The van der Waals surface area contributed by atoms with Gasteiger partial charge < -0.3 is 10.0 Å². The number of carboxylic acid groups (broad SMARTS) is 1. The van der Waals surface area contributed by atoms with Gasteiger partial charge in [0.15, 0.2) is 0 Å². The number of aryl methyl sites for hydroxylation is 1. The number of amides is 1. The molecule has 2 aliphatic rings. The molecule has 4 heteroatoms. The monoisotopic (exact) mass is 329 g/mol. The van der Waals surface area contributed by atoms with Crippen LogP contribution in [0.4, 0.5) is 0 Å². The van der Waals surface area contributed by atoms with Gasteiger partial charge in [0.05, 0.1) is 5.92 Å². The minimum Gasteiger partial charge on any atom is -0.481 e. The Labute approximate surface area is 143 Å². The molecule has 0 spiro atoms. The summed E-state index contributed by atoms with van der Waals surface area (Å²) in [4.78, 5) is 26.3. The number of rotatable bonds is 6. The molecule has 1 N–H and O–H groups in total. The van der Waals surface area contributed by atoms with Gasteiger partial charge in [-0.3, -0.25) is 9.59 Å². The van der Waals surface area contributed by atoms with Gasteiger partial charge >= 0.3 is 5.97 Å².